The van der Waals surface area contributed by atoms with Crippen LogP contribution in [0.4, 0.5) is 0 Å². The smallest absolute Gasteiger partial charge is 0.123 e. The van der Waals surface area contributed by atoms with Gasteiger partial charge in [-0.3, -0.25) is 0 Å². The highest BCUT2D eigenvalue weighted by atomic mass is 79.9. The lowest BCUT2D eigenvalue weighted by Crippen LogP contribution is -2.43. The Morgan fingerprint density at radius 3 is 2.95 bits per heavy atom. The molecule has 118 valence electrons. The third kappa shape index (κ3) is 5.28. The summed E-state index contributed by atoms with van der Waals surface area (Å²) >= 11 is 3.55. The minimum atomic E-state index is -0.0191. The molecule has 1 unspecified atom stereocenters. The van der Waals surface area contributed by atoms with Crippen molar-refractivity contribution in [3.05, 3.63) is 28.2 Å². The van der Waals surface area contributed by atoms with Crippen LogP contribution in [-0.2, 0) is 11.3 Å². The van der Waals surface area contributed by atoms with Crippen LogP contribution in [0, 0.1) is 0 Å². The first-order valence-electron chi connectivity index (χ1n) is 7.79. The molecular formula is C17H26BrNO2. The van der Waals surface area contributed by atoms with E-state index in [9.17, 15) is 0 Å². The summed E-state index contributed by atoms with van der Waals surface area (Å²) in [4.78, 5) is 0. The van der Waals surface area contributed by atoms with Gasteiger partial charge in [-0.2, -0.15) is 0 Å². The minimum Gasteiger partial charge on any atom is -0.493 e. The summed E-state index contributed by atoms with van der Waals surface area (Å²) in [5.41, 5.74) is 1.19. The normalized spacial score (nSPS) is 21.2. The molecule has 0 aromatic heterocycles. The Balaban J connectivity index is 1.96. The summed E-state index contributed by atoms with van der Waals surface area (Å²) < 4.78 is 12.7. The average Bonchev–Trinajstić information content (AvgIpc) is 2.43. The molecule has 1 atom stereocenters. The Kier molecular flexibility index (Phi) is 6.08. The second kappa shape index (κ2) is 7.61. The summed E-state index contributed by atoms with van der Waals surface area (Å²) in [6.45, 7) is 8.88. The van der Waals surface area contributed by atoms with E-state index in [1.54, 1.807) is 0 Å². The lowest BCUT2D eigenvalue weighted by Gasteiger charge is -2.36. The predicted molar refractivity (Wildman–Crippen MR) is 89.8 cm³/mol. The van der Waals surface area contributed by atoms with Crippen LogP contribution in [0.15, 0.2) is 22.7 Å². The second-order valence-corrected chi connectivity index (χ2v) is 7.19. The lowest BCUT2D eigenvalue weighted by molar-refractivity contribution is -0.0630. The molecule has 4 heteroatoms. The van der Waals surface area contributed by atoms with Crippen molar-refractivity contribution in [3.63, 3.8) is 0 Å². The molecule has 0 saturated carbocycles. The van der Waals surface area contributed by atoms with Gasteiger partial charge >= 0.3 is 0 Å². The van der Waals surface area contributed by atoms with Crippen molar-refractivity contribution in [1.82, 2.24) is 5.32 Å². The van der Waals surface area contributed by atoms with Crippen molar-refractivity contribution in [2.75, 3.05) is 13.2 Å². The monoisotopic (exact) mass is 355 g/mol. The number of hydrogen-bond donors (Lipinski definition) is 1. The van der Waals surface area contributed by atoms with Crippen molar-refractivity contribution in [1.29, 1.82) is 0 Å². The van der Waals surface area contributed by atoms with Gasteiger partial charge in [-0.25, -0.2) is 0 Å². The maximum Gasteiger partial charge on any atom is 0.123 e. The third-order valence-corrected chi connectivity index (χ3v) is 4.26. The summed E-state index contributed by atoms with van der Waals surface area (Å²) in [5, 5.41) is 3.66. The third-order valence-electron chi connectivity index (χ3n) is 3.76. The Labute approximate surface area is 136 Å². The van der Waals surface area contributed by atoms with Gasteiger partial charge in [0, 0.05) is 29.2 Å². The molecule has 0 amide bonds. The molecular weight excluding hydrogens is 330 g/mol. The van der Waals surface area contributed by atoms with Crippen LogP contribution in [0.1, 0.15) is 45.6 Å². The van der Waals surface area contributed by atoms with Gasteiger partial charge in [0.05, 0.1) is 12.2 Å². The van der Waals surface area contributed by atoms with Crippen LogP contribution in [0.3, 0.4) is 0 Å². The summed E-state index contributed by atoms with van der Waals surface area (Å²) in [6, 6.07) is 6.73. The molecule has 1 heterocycles. The fourth-order valence-electron chi connectivity index (χ4n) is 2.70. The zero-order chi connectivity index (χ0) is 15.3. The molecule has 0 radical (unpaired) electrons. The van der Waals surface area contributed by atoms with Crippen LogP contribution in [0.25, 0.3) is 0 Å². The highest BCUT2D eigenvalue weighted by molar-refractivity contribution is 9.10. The molecule has 0 aliphatic carbocycles. The van der Waals surface area contributed by atoms with E-state index in [1.807, 2.05) is 12.1 Å². The maximum absolute atomic E-state index is 5.84. The summed E-state index contributed by atoms with van der Waals surface area (Å²) in [5.74, 6) is 0.985. The Morgan fingerprint density at radius 1 is 1.43 bits per heavy atom. The van der Waals surface area contributed by atoms with Gasteiger partial charge in [0.2, 0.25) is 0 Å². The van der Waals surface area contributed by atoms with Gasteiger partial charge in [0.1, 0.15) is 5.75 Å². The molecule has 21 heavy (non-hydrogen) atoms. The van der Waals surface area contributed by atoms with Crippen molar-refractivity contribution in [3.8, 4) is 5.75 Å². The van der Waals surface area contributed by atoms with Gasteiger partial charge in [-0.1, -0.05) is 22.9 Å². The first kappa shape index (κ1) is 16.8. The standard InChI is InChI=1S/C17H26BrNO2/c1-4-8-20-16-6-5-14(18)10-13(16)12-19-15-7-9-21-17(2,3)11-15/h5-6,10,15,19H,4,7-9,11-12H2,1-3H3. The molecule has 3 nitrogen and oxygen atoms in total. The van der Waals surface area contributed by atoms with E-state index >= 15 is 0 Å². The fraction of sp³-hybridized carbons (Fsp3) is 0.647. The predicted octanol–water partition coefficient (Wildman–Crippen LogP) is 4.29. The van der Waals surface area contributed by atoms with E-state index in [4.69, 9.17) is 9.47 Å². The van der Waals surface area contributed by atoms with E-state index in [2.05, 4.69) is 48.1 Å². The van der Waals surface area contributed by atoms with Crippen LogP contribution < -0.4 is 10.1 Å². The van der Waals surface area contributed by atoms with Gasteiger partial charge in [0.15, 0.2) is 0 Å². The van der Waals surface area contributed by atoms with Crippen LogP contribution in [0.5, 0.6) is 5.75 Å². The van der Waals surface area contributed by atoms with Gasteiger partial charge in [-0.15, -0.1) is 0 Å². The number of benzene rings is 1. The van der Waals surface area contributed by atoms with Crippen molar-refractivity contribution in [2.45, 2.75) is 58.2 Å². The molecule has 1 aromatic carbocycles. The highest BCUT2D eigenvalue weighted by Crippen LogP contribution is 2.26. The molecule has 1 aliphatic heterocycles. The highest BCUT2D eigenvalue weighted by Gasteiger charge is 2.28. The molecule has 0 spiro atoms. The zero-order valence-corrected chi connectivity index (χ0v) is 14.8. The Bertz CT molecular complexity index is 462. The van der Waals surface area contributed by atoms with E-state index in [1.165, 1.54) is 5.56 Å². The average molecular weight is 356 g/mol. The Morgan fingerprint density at radius 2 is 2.24 bits per heavy atom. The molecule has 2 rings (SSSR count). The number of halogens is 1. The number of hydrogen-bond acceptors (Lipinski definition) is 3. The zero-order valence-electron chi connectivity index (χ0n) is 13.2. The maximum atomic E-state index is 5.84. The Hall–Kier alpha value is -0.580. The van der Waals surface area contributed by atoms with Crippen molar-refractivity contribution in [2.24, 2.45) is 0 Å². The first-order chi connectivity index (χ1) is 10.00. The molecule has 1 fully saturated rings. The van der Waals surface area contributed by atoms with E-state index in [0.717, 1.165) is 49.2 Å². The lowest BCUT2D eigenvalue weighted by atomic mass is 9.94. The van der Waals surface area contributed by atoms with Crippen LogP contribution in [-0.4, -0.2) is 24.9 Å². The SMILES string of the molecule is CCCOc1ccc(Br)cc1CNC1CCOC(C)(C)C1. The van der Waals surface area contributed by atoms with E-state index < -0.39 is 0 Å². The number of rotatable bonds is 6. The molecule has 0 bridgehead atoms. The fourth-order valence-corrected chi connectivity index (χ4v) is 3.11. The molecule has 1 saturated heterocycles. The van der Waals surface area contributed by atoms with Crippen molar-refractivity contribution >= 4 is 15.9 Å². The summed E-state index contributed by atoms with van der Waals surface area (Å²) in [7, 11) is 0. The van der Waals surface area contributed by atoms with Crippen LogP contribution in [0.2, 0.25) is 0 Å². The molecule has 1 N–H and O–H groups in total. The number of ether oxygens (including phenoxy) is 2. The van der Waals surface area contributed by atoms with Gasteiger partial charge < -0.3 is 14.8 Å². The molecule has 1 aliphatic rings. The summed E-state index contributed by atoms with van der Waals surface area (Å²) in [6.07, 6.45) is 3.14. The molecule has 1 aromatic rings. The largest absolute Gasteiger partial charge is 0.493 e. The second-order valence-electron chi connectivity index (χ2n) is 6.28. The van der Waals surface area contributed by atoms with E-state index in [0.29, 0.717) is 6.04 Å². The quantitative estimate of drug-likeness (QED) is 0.825. The number of nitrogens with one attached hydrogen (secondary N) is 1. The van der Waals surface area contributed by atoms with Gasteiger partial charge in [0.25, 0.3) is 0 Å². The minimum absolute atomic E-state index is 0.0191. The first-order valence-corrected chi connectivity index (χ1v) is 8.58. The van der Waals surface area contributed by atoms with Crippen molar-refractivity contribution < 1.29 is 9.47 Å². The van der Waals surface area contributed by atoms with Gasteiger partial charge in [-0.05, 0) is 51.3 Å². The topological polar surface area (TPSA) is 30.5 Å². The van der Waals surface area contributed by atoms with Crippen LogP contribution >= 0.6 is 15.9 Å². The van der Waals surface area contributed by atoms with E-state index in [-0.39, 0.29) is 5.60 Å².